The quantitative estimate of drug-likeness (QED) is 0.798. The van der Waals surface area contributed by atoms with Gasteiger partial charge in [-0.3, -0.25) is 0 Å². The first kappa shape index (κ1) is 14.8. The predicted octanol–water partition coefficient (Wildman–Crippen LogP) is 1.54. The van der Waals surface area contributed by atoms with Crippen molar-refractivity contribution in [2.45, 2.75) is 11.8 Å². The monoisotopic (exact) mass is 384 g/mol. The van der Waals surface area contributed by atoms with Gasteiger partial charge in [0.25, 0.3) is 10.0 Å². The highest BCUT2D eigenvalue weighted by Gasteiger charge is 2.39. The number of hydrogen-bond acceptors (Lipinski definition) is 5. The van der Waals surface area contributed by atoms with Gasteiger partial charge in [-0.2, -0.15) is 9.43 Å². The zero-order valence-electron chi connectivity index (χ0n) is 10.9. The molecule has 0 radical (unpaired) electrons. The van der Waals surface area contributed by atoms with Gasteiger partial charge in [0.1, 0.15) is 0 Å². The molecule has 0 saturated heterocycles. The lowest BCUT2D eigenvalue weighted by molar-refractivity contribution is 0.476. The van der Waals surface area contributed by atoms with E-state index in [0.29, 0.717) is 11.0 Å². The molecule has 1 aromatic heterocycles. The second-order valence-electron chi connectivity index (χ2n) is 4.53. The molecule has 1 aromatic carbocycles. The van der Waals surface area contributed by atoms with Crippen molar-refractivity contribution in [3.63, 3.8) is 0 Å². The molecule has 0 bridgehead atoms. The molecule has 0 saturated carbocycles. The highest BCUT2D eigenvalue weighted by atomic mass is 79.9. The van der Waals surface area contributed by atoms with Crippen LogP contribution in [-0.4, -0.2) is 31.0 Å². The topological polar surface area (TPSA) is 70.0 Å². The number of halogens is 1. The van der Waals surface area contributed by atoms with Crippen molar-refractivity contribution in [2.24, 2.45) is 5.10 Å². The van der Waals surface area contributed by atoms with Gasteiger partial charge < -0.3 is 5.02 Å². The maximum Gasteiger partial charge on any atom is 0.485 e. The molecule has 0 unspecified atom stereocenters. The Bertz CT molecular complexity index is 835. The molecule has 2 heterocycles. The summed E-state index contributed by atoms with van der Waals surface area (Å²) in [6.45, 7) is 1.71. The fraction of sp³-hybridized carbons (Fsp3) is 0.0833. The van der Waals surface area contributed by atoms with Crippen molar-refractivity contribution in [3.8, 4) is 0 Å². The van der Waals surface area contributed by atoms with E-state index < -0.39 is 17.1 Å². The molecule has 1 N–H and O–H groups in total. The molecule has 0 spiro atoms. The number of nitrogens with zero attached hydrogens (tertiary/aromatic N) is 2. The third kappa shape index (κ3) is 2.44. The Labute approximate surface area is 135 Å². The molecule has 3 rings (SSSR count). The van der Waals surface area contributed by atoms with Crippen molar-refractivity contribution in [1.82, 2.24) is 4.33 Å². The highest BCUT2D eigenvalue weighted by Crippen LogP contribution is 2.26. The van der Waals surface area contributed by atoms with E-state index in [1.165, 1.54) is 23.6 Å². The van der Waals surface area contributed by atoms with E-state index in [9.17, 15) is 13.4 Å². The second-order valence-corrected chi connectivity index (χ2v) is 8.76. The van der Waals surface area contributed by atoms with Gasteiger partial charge in [-0.15, -0.1) is 11.3 Å². The average molecular weight is 385 g/mol. The molecule has 1 aliphatic heterocycles. The number of hydrogen-bond donors (Lipinski definition) is 1. The molecule has 0 fully saturated rings. The van der Waals surface area contributed by atoms with Crippen molar-refractivity contribution in [3.05, 3.63) is 44.6 Å². The number of thiophene rings is 1. The SMILES string of the molecule is Cc1ccccc1S(=O)(=O)N1N=Cc2sc(Br)cc2B1O. The summed E-state index contributed by atoms with van der Waals surface area (Å²) in [5.41, 5.74) is 1.14. The average Bonchev–Trinajstić information content (AvgIpc) is 2.80. The first-order chi connectivity index (χ1) is 9.91. The molecule has 0 aliphatic carbocycles. The van der Waals surface area contributed by atoms with Crippen LogP contribution in [0.3, 0.4) is 0 Å². The smallest absolute Gasteiger partial charge is 0.427 e. The van der Waals surface area contributed by atoms with Crippen molar-refractivity contribution in [1.29, 1.82) is 0 Å². The molecule has 0 amide bonds. The standard InChI is InChI=1S/C12H10BBrN2O3S2/c1-8-4-2-3-5-11(8)21(18,19)16-13(17)9-6-12(14)20-10(9)7-15-16/h2-7,17H,1H3. The van der Waals surface area contributed by atoms with E-state index in [1.807, 2.05) is 0 Å². The maximum atomic E-state index is 12.7. The molecule has 108 valence electrons. The fourth-order valence-corrected chi connectivity index (χ4v) is 5.14. The van der Waals surface area contributed by atoms with E-state index in [1.54, 1.807) is 31.2 Å². The summed E-state index contributed by atoms with van der Waals surface area (Å²) >= 11 is 4.72. The molecule has 0 atom stereocenters. The Hall–Kier alpha value is -1.16. The Morgan fingerprint density at radius 3 is 2.81 bits per heavy atom. The summed E-state index contributed by atoms with van der Waals surface area (Å²) in [5.74, 6) is 0. The number of hydrazone groups is 1. The first-order valence-electron chi connectivity index (χ1n) is 6.02. The molecule has 2 aromatic rings. The lowest BCUT2D eigenvalue weighted by Gasteiger charge is -2.25. The first-order valence-corrected chi connectivity index (χ1v) is 9.07. The molecule has 1 aliphatic rings. The summed E-state index contributed by atoms with van der Waals surface area (Å²) in [5, 5.41) is 14.3. The van der Waals surface area contributed by atoms with Crippen LogP contribution in [0.1, 0.15) is 10.4 Å². The number of fused-ring (bicyclic) bond motifs is 1. The predicted molar refractivity (Wildman–Crippen MR) is 87.4 cm³/mol. The molecule has 9 heteroatoms. The Kier molecular flexibility index (Phi) is 3.68. The van der Waals surface area contributed by atoms with E-state index >= 15 is 0 Å². The Morgan fingerprint density at radius 2 is 2.10 bits per heavy atom. The lowest BCUT2D eigenvalue weighted by Crippen LogP contribution is -2.51. The molecule has 5 nitrogen and oxygen atoms in total. The Balaban J connectivity index is 2.08. The van der Waals surface area contributed by atoms with Crippen LogP contribution in [0.15, 0.2) is 44.1 Å². The molecular formula is C12H10BBrN2O3S2. The van der Waals surface area contributed by atoms with Crippen LogP contribution in [0.5, 0.6) is 0 Å². The van der Waals surface area contributed by atoms with Crippen molar-refractivity contribution < 1.29 is 13.4 Å². The van der Waals surface area contributed by atoms with Crippen molar-refractivity contribution >= 4 is 56.0 Å². The largest absolute Gasteiger partial charge is 0.485 e. The number of benzene rings is 1. The summed E-state index contributed by atoms with van der Waals surface area (Å²) in [7, 11) is -5.22. The van der Waals surface area contributed by atoms with Gasteiger partial charge in [-0.05, 0) is 46.0 Å². The van der Waals surface area contributed by atoms with Crippen LogP contribution >= 0.6 is 27.3 Å². The van der Waals surface area contributed by atoms with Crippen LogP contribution in [0.25, 0.3) is 0 Å². The zero-order chi connectivity index (χ0) is 15.2. The molecule has 21 heavy (non-hydrogen) atoms. The van der Waals surface area contributed by atoms with Gasteiger partial charge in [0.15, 0.2) is 0 Å². The summed E-state index contributed by atoms with van der Waals surface area (Å²) in [4.78, 5) is 0.879. The summed E-state index contributed by atoms with van der Waals surface area (Å²) in [6.07, 6.45) is 1.45. The van der Waals surface area contributed by atoms with E-state index in [0.717, 1.165) is 13.0 Å². The normalized spacial score (nSPS) is 14.4. The number of sulfonamides is 1. The van der Waals surface area contributed by atoms with Crippen molar-refractivity contribution in [2.75, 3.05) is 0 Å². The summed E-state index contributed by atoms with van der Waals surface area (Å²) < 4.78 is 26.9. The van der Waals surface area contributed by atoms with Gasteiger partial charge in [0, 0.05) is 4.88 Å². The summed E-state index contributed by atoms with van der Waals surface area (Å²) in [6, 6.07) is 8.33. The van der Waals surface area contributed by atoms with Gasteiger partial charge >= 0.3 is 7.05 Å². The van der Waals surface area contributed by atoms with E-state index in [4.69, 9.17) is 0 Å². The minimum atomic E-state index is -3.90. The number of aryl methyl sites for hydroxylation is 1. The van der Waals surface area contributed by atoms with Crippen LogP contribution in [0, 0.1) is 6.92 Å². The minimum Gasteiger partial charge on any atom is -0.427 e. The van der Waals surface area contributed by atoms with Gasteiger partial charge in [-0.1, -0.05) is 18.2 Å². The third-order valence-corrected chi connectivity index (χ3v) is 6.54. The maximum absolute atomic E-state index is 12.7. The van der Waals surface area contributed by atoms with Gasteiger partial charge in [0.05, 0.1) is 14.9 Å². The zero-order valence-corrected chi connectivity index (χ0v) is 14.1. The van der Waals surface area contributed by atoms with Gasteiger partial charge in [-0.25, -0.2) is 8.42 Å². The van der Waals surface area contributed by atoms with E-state index in [2.05, 4.69) is 21.0 Å². The molecular weight excluding hydrogens is 375 g/mol. The fourth-order valence-electron chi connectivity index (χ4n) is 2.12. The van der Waals surface area contributed by atoms with Crippen LogP contribution < -0.4 is 5.46 Å². The number of rotatable bonds is 2. The van der Waals surface area contributed by atoms with Crippen LogP contribution in [-0.2, 0) is 10.0 Å². The minimum absolute atomic E-state index is 0.138. The Morgan fingerprint density at radius 1 is 1.38 bits per heavy atom. The van der Waals surface area contributed by atoms with Crippen LogP contribution in [0.2, 0.25) is 0 Å². The second kappa shape index (κ2) is 5.24. The lowest BCUT2D eigenvalue weighted by atomic mass is 9.75. The van der Waals surface area contributed by atoms with E-state index in [-0.39, 0.29) is 4.90 Å². The highest BCUT2D eigenvalue weighted by molar-refractivity contribution is 9.11. The third-order valence-electron chi connectivity index (χ3n) is 3.15. The van der Waals surface area contributed by atoms with Crippen LogP contribution in [0.4, 0.5) is 0 Å². The van der Waals surface area contributed by atoms with Gasteiger partial charge in [0.2, 0.25) is 0 Å².